The number of nitrogens with two attached hydrogens (primary N) is 1. The van der Waals surface area contributed by atoms with Crippen LogP contribution >= 0.6 is 0 Å². The summed E-state index contributed by atoms with van der Waals surface area (Å²) in [6.45, 7) is 0. The van der Waals surface area contributed by atoms with E-state index in [2.05, 4.69) is 0 Å². The minimum atomic E-state index is 0.181. The quantitative estimate of drug-likeness (QED) is 0.399. The molecule has 0 atom stereocenters. The van der Waals surface area contributed by atoms with Crippen molar-refractivity contribution in [1.82, 2.24) is 0 Å². The molecular formula is C13H13NO3. The lowest BCUT2D eigenvalue weighted by atomic mass is 10.2. The predicted octanol–water partition coefficient (Wildman–Crippen LogP) is 2.18. The van der Waals surface area contributed by atoms with Gasteiger partial charge in [0.2, 0.25) is 0 Å². The molecule has 2 aromatic carbocycles. The second kappa shape index (κ2) is 6.17. The van der Waals surface area contributed by atoms with Crippen LogP contribution in [0.4, 0.5) is 5.69 Å². The average Bonchev–Trinajstić information content (AvgIpc) is 2.35. The molecule has 0 spiro atoms. The fraction of sp³-hybridized carbons (Fsp3) is 0. The summed E-state index contributed by atoms with van der Waals surface area (Å²) in [5.41, 5.74) is 6.56. The Morgan fingerprint density at radius 2 is 1.24 bits per heavy atom. The smallest absolute Gasteiger partial charge is 0.150 e. The van der Waals surface area contributed by atoms with Crippen molar-refractivity contribution >= 4 is 12.0 Å². The number of hydrogen-bond acceptors (Lipinski definition) is 4. The largest absolute Gasteiger partial charge is 0.508 e. The van der Waals surface area contributed by atoms with Crippen LogP contribution in [0.2, 0.25) is 0 Å². The maximum atomic E-state index is 10.0. The summed E-state index contributed by atoms with van der Waals surface area (Å²) < 4.78 is 0. The third kappa shape index (κ3) is 4.70. The molecule has 88 valence electrons. The highest BCUT2D eigenvalue weighted by atomic mass is 16.3. The topological polar surface area (TPSA) is 83.5 Å². The van der Waals surface area contributed by atoms with Gasteiger partial charge in [0.1, 0.15) is 17.8 Å². The number of aromatic hydroxyl groups is 2. The van der Waals surface area contributed by atoms with Crippen molar-refractivity contribution in [3.63, 3.8) is 0 Å². The number of benzene rings is 2. The third-order valence-corrected chi connectivity index (χ3v) is 1.92. The fourth-order valence-electron chi connectivity index (χ4n) is 1.03. The van der Waals surface area contributed by atoms with Crippen molar-refractivity contribution in [2.24, 2.45) is 0 Å². The molecular weight excluding hydrogens is 218 g/mol. The average molecular weight is 231 g/mol. The maximum absolute atomic E-state index is 10.0. The zero-order valence-electron chi connectivity index (χ0n) is 9.08. The molecule has 0 aliphatic heterocycles. The summed E-state index contributed by atoms with van der Waals surface area (Å²) >= 11 is 0. The molecule has 0 aliphatic rings. The van der Waals surface area contributed by atoms with E-state index in [1.807, 2.05) is 0 Å². The summed E-state index contributed by atoms with van der Waals surface area (Å²) in [5, 5.41) is 17.4. The molecule has 0 radical (unpaired) electrons. The predicted molar refractivity (Wildman–Crippen MR) is 66.0 cm³/mol. The zero-order chi connectivity index (χ0) is 12.7. The molecule has 0 aliphatic carbocycles. The normalized spacial score (nSPS) is 8.94. The van der Waals surface area contributed by atoms with E-state index < -0.39 is 0 Å². The van der Waals surface area contributed by atoms with Crippen molar-refractivity contribution in [2.75, 3.05) is 5.73 Å². The van der Waals surface area contributed by atoms with Gasteiger partial charge in [-0.3, -0.25) is 4.79 Å². The zero-order valence-corrected chi connectivity index (χ0v) is 9.08. The van der Waals surface area contributed by atoms with Gasteiger partial charge in [-0.25, -0.2) is 0 Å². The number of phenols is 2. The molecule has 0 aromatic heterocycles. The van der Waals surface area contributed by atoms with Crippen LogP contribution < -0.4 is 5.73 Å². The Morgan fingerprint density at radius 1 is 0.824 bits per heavy atom. The number of hydrogen-bond donors (Lipinski definition) is 3. The van der Waals surface area contributed by atoms with E-state index >= 15 is 0 Å². The molecule has 0 saturated heterocycles. The Labute approximate surface area is 98.9 Å². The Morgan fingerprint density at radius 3 is 1.59 bits per heavy atom. The number of carbonyl (C=O) groups is 1. The highest BCUT2D eigenvalue weighted by Gasteiger charge is 1.87. The number of aldehydes is 1. The third-order valence-electron chi connectivity index (χ3n) is 1.92. The summed E-state index contributed by atoms with van der Waals surface area (Å²) in [7, 11) is 0. The minimum Gasteiger partial charge on any atom is -0.508 e. The first-order valence-corrected chi connectivity index (χ1v) is 4.90. The summed E-state index contributed by atoms with van der Waals surface area (Å²) in [6, 6.07) is 12.5. The molecule has 0 saturated carbocycles. The molecule has 17 heavy (non-hydrogen) atoms. The molecule has 0 heterocycles. The lowest BCUT2D eigenvalue weighted by Crippen LogP contribution is -1.80. The van der Waals surface area contributed by atoms with Gasteiger partial charge in [-0.05, 0) is 48.5 Å². The molecule has 4 nitrogen and oxygen atoms in total. The molecule has 0 amide bonds. The first kappa shape index (κ1) is 12.6. The molecule has 4 N–H and O–H groups in total. The standard InChI is InChI=1S/C7H6O2.C6H7NO/c8-5-6-1-3-7(9)4-2-6;7-5-1-3-6(8)4-2-5/h1-5,9H;1-4,8H,7H2. The van der Waals surface area contributed by atoms with Crippen molar-refractivity contribution in [2.45, 2.75) is 0 Å². The second-order valence-corrected chi connectivity index (χ2v) is 3.30. The van der Waals surface area contributed by atoms with E-state index in [-0.39, 0.29) is 11.5 Å². The van der Waals surface area contributed by atoms with E-state index in [4.69, 9.17) is 15.9 Å². The first-order chi connectivity index (χ1) is 8.11. The number of anilines is 1. The van der Waals surface area contributed by atoms with Gasteiger partial charge in [0.25, 0.3) is 0 Å². The van der Waals surface area contributed by atoms with Crippen LogP contribution in [0, 0.1) is 0 Å². The fourth-order valence-corrected chi connectivity index (χ4v) is 1.03. The van der Waals surface area contributed by atoms with Gasteiger partial charge < -0.3 is 15.9 Å². The van der Waals surface area contributed by atoms with E-state index in [1.54, 1.807) is 36.4 Å². The Bertz CT molecular complexity index is 442. The number of nitrogen functional groups attached to an aromatic ring is 1. The minimum absolute atomic E-state index is 0.181. The van der Waals surface area contributed by atoms with Gasteiger partial charge in [0, 0.05) is 11.3 Å². The van der Waals surface area contributed by atoms with Gasteiger partial charge in [0.05, 0.1) is 0 Å². The van der Waals surface area contributed by atoms with E-state index in [0.29, 0.717) is 11.3 Å². The highest BCUT2D eigenvalue weighted by molar-refractivity contribution is 5.74. The van der Waals surface area contributed by atoms with Crippen LogP contribution in [0.1, 0.15) is 10.4 Å². The molecule has 0 unspecified atom stereocenters. The van der Waals surface area contributed by atoms with Crippen LogP contribution in [0.25, 0.3) is 0 Å². The van der Waals surface area contributed by atoms with Crippen LogP contribution in [0.5, 0.6) is 11.5 Å². The number of carbonyl (C=O) groups excluding carboxylic acids is 1. The molecule has 0 fully saturated rings. The van der Waals surface area contributed by atoms with Crippen molar-refractivity contribution < 1.29 is 15.0 Å². The highest BCUT2D eigenvalue weighted by Crippen LogP contribution is 2.09. The van der Waals surface area contributed by atoms with Gasteiger partial charge in [-0.15, -0.1) is 0 Å². The molecule has 0 bridgehead atoms. The van der Waals surface area contributed by atoms with Crippen molar-refractivity contribution in [3.8, 4) is 11.5 Å². The van der Waals surface area contributed by atoms with E-state index in [9.17, 15) is 4.79 Å². The van der Waals surface area contributed by atoms with Gasteiger partial charge >= 0.3 is 0 Å². The van der Waals surface area contributed by atoms with Crippen LogP contribution in [-0.2, 0) is 0 Å². The van der Waals surface area contributed by atoms with E-state index in [1.165, 1.54) is 12.1 Å². The lowest BCUT2D eigenvalue weighted by molar-refractivity contribution is 0.112. The lowest BCUT2D eigenvalue weighted by Gasteiger charge is -1.89. The Hall–Kier alpha value is -2.49. The SMILES string of the molecule is Nc1ccc(O)cc1.O=Cc1ccc(O)cc1. The molecule has 2 rings (SSSR count). The Kier molecular flexibility index (Phi) is 4.57. The second-order valence-electron chi connectivity index (χ2n) is 3.30. The van der Waals surface area contributed by atoms with Gasteiger partial charge in [0.15, 0.2) is 0 Å². The molecule has 2 aromatic rings. The van der Waals surface area contributed by atoms with Crippen molar-refractivity contribution in [3.05, 3.63) is 54.1 Å². The number of rotatable bonds is 1. The first-order valence-electron chi connectivity index (χ1n) is 4.90. The van der Waals surface area contributed by atoms with Crippen molar-refractivity contribution in [1.29, 1.82) is 0 Å². The van der Waals surface area contributed by atoms with Gasteiger partial charge in [-0.2, -0.15) is 0 Å². The van der Waals surface area contributed by atoms with Crippen LogP contribution in [0.15, 0.2) is 48.5 Å². The summed E-state index contributed by atoms with van der Waals surface area (Å²) in [6.07, 6.45) is 0.736. The van der Waals surface area contributed by atoms with E-state index in [0.717, 1.165) is 6.29 Å². The molecule has 4 heteroatoms. The summed E-state index contributed by atoms with van der Waals surface area (Å²) in [5.74, 6) is 0.430. The number of phenolic OH excluding ortho intramolecular Hbond substituents is 2. The van der Waals surface area contributed by atoms with Crippen LogP contribution in [0.3, 0.4) is 0 Å². The van der Waals surface area contributed by atoms with Crippen LogP contribution in [-0.4, -0.2) is 16.5 Å². The maximum Gasteiger partial charge on any atom is 0.150 e. The Balaban J connectivity index is 0.000000171. The van der Waals surface area contributed by atoms with Gasteiger partial charge in [-0.1, -0.05) is 0 Å². The monoisotopic (exact) mass is 231 g/mol. The summed E-state index contributed by atoms with van der Waals surface area (Å²) in [4.78, 5) is 10.0.